The van der Waals surface area contributed by atoms with Crippen molar-refractivity contribution in [2.24, 2.45) is 17.6 Å². The SMILES string of the molecule is COc1cc(C)c(C(N)C(CO)C(C)C)c(C)c1C. The molecule has 0 aliphatic carbocycles. The van der Waals surface area contributed by atoms with E-state index in [9.17, 15) is 5.11 Å². The van der Waals surface area contributed by atoms with Gasteiger partial charge in [-0.05, 0) is 55.0 Å². The summed E-state index contributed by atoms with van der Waals surface area (Å²) in [6.07, 6.45) is 0. The predicted molar refractivity (Wildman–Crippen MR) is 79.5 cm³/mol. The second-order valence-electron chi connectivity index (χ2n) is 5.68. The molecule has 3 nitrogen and oxygen atoms in total. The maximum atomic E-state index is 9.58. The van der Waals surface area contributed by atoms with Crippen molar-refractivity contribution >= 4 is 0 Å². The number of aryl methyl sites for hydroxylation is 1. The summed E-state index contributed by atoms with van der Waals surface area (Å²) in [5.74, 6) is 1.32. The maximum Gasteiger partial charge on any atom is 0.122 e. The average molecular weight is 265 g/mol. The van der Waals surface area contributed by atoms with Gasteiger partial charge < -0.3 is 15.6 Å². The Balaban J connectivity index is 3.31. The summed E-state index contributed by atoms with van der Waals surface area (Å²) in [6, 6.07) is 1.89. The minimum Gasteiger partial charge on any atom is -0.496 e. The Morgan fingerprint density at radius 3 is 2.21 bits per heavy atom. The summed E-state index contributed by atoms with van der Waals surface area (Å²) in [5, 5.41) is 9.58. The molecule has 0 heterocycles. The Bertz CT molecular complexity index is 441. The van der Waals surface area contributed by atoms with Crippen LogP contribution < -0.4 is 10.5 Å². The van der Waals surface area contributed by atoms with Crippen LogP contribution in [-0.2, 0) is 0 Å². The Labute approximate surface area is 116 Å². The van der Waals surface area contributed by atoms with Gasteiger partial charge in [-0.1, -0.05) is 13.8 Å². The summed E-state index contributed by atoms with van der Waals surface area (Å²) in [6.45, 7) is 10.5. The number of ether oxygens (including phenoxy) is 1. The van der Waals surface area contributed by atoms with Crippen molar-refractivity contribution in [1.82, 2.24) is 0 Å². The second-order valence-corrected chi connectivity index (χ2v) is 5.68. The molecule has 0 aliphatic rings. The number of aliphatic hydroxyl groups is 1. The molecule has 2 unspecified atom stereocenters. The van der Waals surface area contributed by atoms with E-state index in [4.69, 9.17) is 10.5 Å². The first kappa shape index (κ1) is 16.0. The van der Waals surface area contributed by atoms with Crippen LogP contribution in [0.3, 0.4) is 0 Å². The van der Waals surface area contributed by atoms with Crippen LogP contribution >= 0.6 is 0 Å². The molecule has 0 amide bonds. The standard InChI is InChI=1S/C16H27NO2/c1-9(2)13(8-18)16(17)15-10(3)7-14(19-6)11(4)12(15)5/h7,9,13,16,18H,8,17H2,1-6H3. The maximum absolute atomic E-state index is 9.58. The quantitative estimate of drug-likeness (QED) is 0.860. The zero-order valence-corrected chi connectivity index (χ0v) is 12.9. The first-order valence-corrected chi connectivity index (χ1v) is 6.86. The molecular formula is C16H27NO2. The highest BCUT2D eigenvalue weighted by Crippen LogP contribution is 2.35. The van der Waals surface area contributed by atoms with Gasteiger partial charge in [0.15, 0.2) is 0 Å². The van der Waals surface area contributed by atoms with Crippen LogP contribution in [0.4, 0.5) is 0 Å². The highest BCUT2D eigenvalue weighted by atomic mass is 16.5. The van der Waals surface area contributed by atoms with E-state index in [0.717, 1.165) is 22.4 Å². The van der Waals surface area contributed by atoms with E-state index in [1.165, 1.54) is 5.56 Å². The van der Waals surface area contributed by atoms with Gasteiger partial charge in [-0.25, -0.2) is 0 Å². The van der Waals surface area contributed by atoms with Crippen LogP contribution in [0.1, 0.15) is 42.1 Å². The molecule has 1 aromatic rings. The topological polar surface area (TPSA) is 55.5 Å². The van der Waals surface area contributed by atoms with Gasteiger partial charge in [0.05, 0.1) is 7.11 Å². The lowest BCUT2D eigenvalue weighted by atomic mass is 9.81. The molecule has 0 aliphatic heterocycles. The van der Waals surface area contributed by atoms with Gasteiger partial charge in [0.25, 0.3) is 0 Å². The third kappa shape index (κ3) is 3.10. The molecule has 108 valence electrons. The van der Waals surface area contributed by atoms with Gasteiger partial charge in [-0.3, -0.25) is 0 Å². The van der Waals surface area contributed by atoms with Crippen LogP contribution in [0.15, 0.2) is 6.07 Å². The molecular weight excluding hydrogens is 238 g/mol. The molecule has 3 heteroatoms. The molecule has 3 N–H and O–H groups in total. The summed E-state index contributed by atoms with van der Waals surface area (Å²) >= 11 is 0. The van der Waals surface area contributed by atoms with Crippen molar-refractivity contribution in [3.63, 3.8) is 0 Å². The number of aliphatic hydroxyl groups excluding tert-OH is 1. The Morgan fingerprint density at radius 1 is 1.21 bits per heavy atom. The molecule has 1 rings (SSSR count). The molecule has 0 saturated heterocycles. The van der Waals surface area contributed by atoms with Crippen molar-refractivity contribution in [2.45, 2.75) is 40.7 Å². The third-order valence-corrected chi connectivity index (χ3v) is 4.19. The number of methoxy groups -OCH3 is 1. The lowest BCUT2D eigenvalue weighted by molar-refractivity contribution is 0.165. The Kier molecular flexibility index (Phi) is 5.39. The highest BCUT2D eigenvalue weighted by Gasteiger charge is 2.25. The van der Waals surface area contributed by atoms with E-state index >= 15 is 0 Å². The first-order chi connectivity index (χ1) is 8.84. The normalized spacial score (nSPS) is 14.6. The molecule has 0 aromatic heterocycles. The molecule has 0 radical (unpaired) electrons. The Morgan fingerprint density at radius 2 is 1.79 bits per heavy atom. The lowest BCUT2D eigenvalue weighted by Crippen LogP contribution is -2.30. The van der Waals surface area contributed by atoms with Crippen molar-refractivity contribution in [3.8, 4) is 5.75 Å². The largest absolute Gasteiger partial charge is 0.496 e. The van der Waals surface area contributed by atoms with Gasteiger partial charge in [0.1, 0.15) is 5.75 Å². The van der Waals surface area contributed by atoms with Crippen molar-refractivity contribution < 1.29 is 9.84 Å². The summed E-state index contributed by atoms with van der Waals surface area (Å²) in [4.78, 5) is 0. The minimum absolute atomic E-state index is 0.0743. The number of hydrogen-bond donors (Lipinski definition) is 2. The molecule has 1 aromatic carbocycles. The summed E-state index contributed by atoms with van der Waals surface area (Å²) in [7, 11) is 1.69. The monoisotopic (exact) mass is 265 g/mol. The van der Waals surface area contributed by atoms with E-state index in [0.29, 0.717) is 5.92 Å². The number of nitrogens with two attached hydrogens (primary N) is 1. The van der Waals surface area contributed by atoms with Crippen molar-refractivity contribution in [2.75, 3.05) is 13.7 Å². The van der Waals surface area contributed by atoms with Gasteiger partial charge in [0.2, 0.25) is 0 Å². The van der Waals surface area contributed by atoms with Crippen LogP contribution in [0.2, 0.25) is 0 Å². The molecule has 0 fully saturated rings. The number of hydrogen-bond acceptors (Lipinski definition) is 3. The second kappa shape index (κ2) is 6.40. The van der Waals surface area contributed by atoms with E-state index in [2.05, 4.69) is 27.7 Å². The minimum atomic E-state index is -0.144. The van der Waals surface area contributed by atoms with E-state index in [1.807, 2.05) is 13.0 Å². The zero-order valence-electron chi connectivity index (χ0n) is 12.9. The zero-order chi connectivity index (χ0) is 14.7. The van der Waals surface area contributed by atoms with Crippen LogP contribution in [0.25, 0.3) is 0 Å². The lowest BCUT2D eigenvalue weighted by Gasteiger charge is -2.29. The molecule has 0 saturated carbocycles. The van der Waals surface area contributed by atoms with E-state index < -0.39 is 0 Å². The number of rotatable bonds is 5. The average Bonchev–Trinajstić information content (AvgIpc) is 2.34. The molecule has 2 atom stereocenters. The fourth-order valence-corrected chi connectivity index (χ4v) is 2.74. The first-order valence-electron chi connectivity index (χ1n) is 6.86. The molecule has 0 bridgehead atoms. The Hall–Kier alpha value is -1.06. The molecule has 19 heavy (non-hydrogen) atoms. The fourth-order valence-electron chi connectivity index (χ4n) is 2.74. The van der Waals surface area contributed by atoms with Crippen LogP contribution in [-0.4, -0.2) is 18.8 Å². The predicted octanol–water partition coefficient (Wildman–Crippen LogP) is 2.88. The smallest absolute Gasteiger partial charge is 0.122 e. The van der Waals surface area contributed by atoms with Crippen LogP contribution in [0, 0.1) is 32.6 Å². The van der Waals surface area contributed by atoms with Gasteiger partial charge in [-0.2, -0.15) is 0 Å². The van der Waals surface area contributed by atoms with Crippen molar-refractivity contribution in [1.29, 1.82) is 0 Å². The van der Waals surface area contributed by atoms with Gasteiger partial charge in [0, 0.05) is 18.6 Å². The van der Waals surface area contributed by atoms with Gasteiger partial charge in [-0.15, -0.1) is 0 Å². The summed E-state index contributed by atoms with van der Waals surface area (Å²) < 4.78 is 5.39. The van der Waals surface area contributed by atoms with Crippen molar-refractivity contribution in [3.05, 3.63) is 28.3 Å². The highest BCUT2D eigenvalue weighted by molar-refractivity contribution is 5.49. The number of benzene rings is 1. The van der Waals surface area contributed by atoms with Gasteiger partial charge >= 0.3 is 0 Å². The van der Waals surface area contributed by atoms with E-state index in [-0.39, 0.29) is 18.6 Å². The van der Waals surface area contributed by atoms with E-state index in [1.54, 1.807) is 7.11 Å². The van der Waals surface area contributed by atoms with Crippen LogP contribution in [0.5, 0.6) is 5.75 Å². The molecule has 0 spiro atoms. The fraction of sp³-hybridized carbons (Fsp3) is 0.625. The third-order valence-electron chi connectivity index (χ3n) is 4.19. The summed E-state index contributed by atoms with van der Waals surface area (Å²) in [5.41, 5.74) is 11.0.